The van der Waals surface area contributed by atoms with Gasteiger partial charge in [0.1, 0.15) is 5.60 Å². The highest BCUT2D eigenvalue weighted by atomic mass is 32.1. The molecule has 1 aromatic carbocycles. The van der Waals surface area contributed by atoms with E-state index in [1.165, 1.54) is 18.4 Å². The predicted octanol–water partition coefficient (Wildman–Crippen LogP) is 4.11. The monoisotopic (exact) mass is 472 g/mol. The maximum atomic E-state index is 12.3. The minimum absolute atomic E-state index is 0.152. The number of ether oxygens (including phenoxy) is 3. The molecule has 0 saturated heterocycles. The number of aromatic nitrogens is 1. The number of benzene rings is 1. The Morgan fingerprint density at radius 1 is 1.30 bits per heavy atom. The van der Waals surface area contributed by atoms with Crippen LogP contribution in [0.2, 0.25) is 0 Å². The fraction of sp³-hybridized carbons (Fsp3) is 0.478. The first-order chi connectivity index (χ1) is 15.7. The van der Waals surface area contributed by atoms with E-state index in [0.717, 1.165) is 10.6 Å². The van der Waals surface area contributed by atoms with Gasteiger partial charge in [0.2, 0.25) is 5.91 Å². The van der Waals surface area contributed by atoms with E-state index in [2.05, 4.69) is 10.3 Å². The molecule has 0 saturated carbocycles. The molecule has 2 heterocycles. The number of fused-ring (bicyclic) bond motifs is 1. The van der Waals surface area contributed by atoms with Crippen molar-refractivity contribution in [1.29, 1.82) is 5.26 Å². The van der Waals surface area contributed by atoms with Gasteiger partial charge in [0.15, 0.2) is 16.6 Å². The lowest BCUT2D eigenvalue weighted by molar-refractivity contribution is -0.116. The molecule has 33 heavy (non-hydrogen) atoms. The summed E-state index contributed by atoms with van der Waals surface area (Å²) in [5.41, 5.74) is 0.851. The number of rotatable bonds is 7. The second kappa shape index (κ2) is 10.5. The molecule has 0 unspecified atom stereocenters. The van der Waals surface area contributed by atoms with E-state index in [1.54, 1.807) is 23.1 Å². The van der Waals surface area contributed by atoms with E-state index in [-0.39, 0.29) is 18.4 Å². The fourth-order valence-electron chi connectivity index (χ4n) is 3.18. The molecule has 0 fully saturated rings. The van der Waals surface area contributed by atoms with E-state index in [4.69, 9.17) is 19.5 Å². The maximum Gasteiger partial charge on any atom is 0.410 e. The molecule has 2 amide bonds. The van der Waals surface area contributed by atoms with Crippen molar-refractivity contribution in [3.63, 3.8) is 0 Å². The molecule has 1 aromatic heterocycles. The molecule has 0 bridgehead atoms. The van der Waals surface area contributed by atoms with Gasteiger partial charge in [-0.15, -0.1) is 0 Å². The number of carbonyl (C=O) groups is 2. The lowest BCUT2D eigenvalue weighted by Crippen LogP contribution is -2.39. The van der Waals surface area contributed by atoms with E-state index in [9.17, 15) is 9.59 Å². The summed E-state index contributed by atoms with van der Waals surface area (Å²) in [7, 11) is 1.51. The number of amides is 2. The van der Waals surface area contributed by atoms with Gasteiger partial charge >= 0.3 is 6.09 Å². The first-order valence-corrected chi connectivity index (χ1v) is 11.5. The Bertz CT molecular complexity index is 1050. The van der Waals surface area contributed by atoms with Crippen molar-refractivity contribution in [3.8, 4) is 17.6 Å². The van der Waals surface area contributed by atoms with Crippen molar-refractivity contribution in [3.05, 3.63) is 34.3 Å². The van der Waals surface area contributed by atoms with Crippen LogP contribution in [0, 0.1) is 11.3 Å². The Labute approximate surface area is 197 Å². The number of hydrogen-bond donors (Lipinski definition) is 1. The van der Waals surface area contributed by atoms with Crippen LogP contribution in [0.25, 0.3) is 0 Å². The number of nitrogens with one attached hydrogen (secondary N) is 1. The molecular formula is C23H28N4O5S. The molecule has 0 atom stereocenters. The Kier molecular flexibility index (Phi) is 7.76. The average Bonchev–Trinajstić information content (AvgIpc) is 3.16. The highest BCUT2D eigenvalue weighted by molar-refractivity contribution is 7.15. The van der Waals surface area contributed by atoms with Gasteiger partial charge in [0.25, 0.3) is 0 Å². The molecule has 3 rings (SSSR count). The van der Waals surface area contributed by atoms with Crippen LogP contribution in [0.1, 0.15) is 49.7 Å². The molecule has 0 spiro atoms. The molecule has 10 heteroatoms. The Morgan fingerprint density at radius 3 is 2.79 bits per heavy atom. The van der Waals surface area contributed by atoms with Crippen molar-refractivity contribution in [2.75, 3.05) is 25.6 Å². The van der Waals surface area contributed by atoms with Crippen LogP contribution in [-0.4, -0.2) is 47.7 Å². The van der Waals surface area contributed by atoms with Gasteiger partial charge in [-0.2, -0.15) is 5.26 Å². The quantitative estimate of drug-likeness (QED) is 0.603. The minimum atomic E-state index is -0.543. The normalized spacial score (nSPS) is 13.0. The molecule has 1 aliphatic rings. The van der Waals surface area contributed by atoms with Crippen LogP contribution >= 0.6 is 11.3 Å². The smallest absolute Gasteiger partial charge is 0.410 e. The summed E-state index contributed by atoms with van der Waals surface area (Å²) in [5.74, 6) is 0.854. The Hall–Kier alpha value is -3.32. The maximum absolute atomic E-state index is 12.3. The van der Waals surface area contributed by atoms with Gasteiger partial charge in [-0.1, -0.05) is 11.3 Å². The predicted molar refractivity (Wildman–Crippen MR) is 124 cm³/mol. The van der Waals surface area contributed by atoms with Crippen LogP contribution in [0.15, 0.2) is 18.2 Å². The number of anilines is 1. The molecule has 9 nitrogen and oxygen atoms in total. The zero-order chi connectivity index (χ0) is 24.0. The van der Waals surface area contributed by atoms with Crippen LogP contribution < -0.4 is 14.8 Å². The molecule has 0 aliphatic carbocycles. The first kappa shape index (κ1) is 24.3. The summed E-state index contributed by atoms with van der Waals surface area (Å²) in [4.78, 5) is 31.8. The van der Waals surface area contributed by atoms with E-state index in [0.29, 0.717) is 54.7 Å². The summed E-state index contributed by atoms with van der Waals surface area (Å²) in [6, 6.07) is 6.99. The van der Waals surface area contributed by atoms with Crippen molar-refractivity contribution in [2.24, 2.45) is 0 Å². The number of thiazole rings is 1. The Balaban J connectivity index is 1.46. The third-order valence-electron chi connectivity index (χ3n) is 4.73. The SMILES string of the molecule is COc1cc(C#N)ccc1OCCCC(=O)Nc1nc2c(s1)CN(C(=O)OC(C)(C)C)CC2. The summed E-state index contributed by atoms with van der Waals surface area (Å²) >= 11 is 1.38. The van der Waals surface area contributed by atoms with Gasteiger partial charge in [-0.05, 0) is 39.3 Å². The summed E-state index contributed by atoms with van der Waals surface area (Å²) in [6.45, 7) is 6.81. The van der Waals surface area contributed by atoms with Gasteiger partial charge in [-0.25, -0.2) is 9.78 Å². The number of hydrogen-bond acceptors (Lipinski definition) is 8. The van der Waals surface area contributed by atoms with E-state index < -0.39 is 5.60 Å². The first-order valence-electron chi connectivity index (χ1n) is 10.7. The van der Waals surface area contributed by atoms with Crippen LogP contribution in [0.5, 0.6) is 11.5 Å². The summed E-state index contributed by atoms with van der Waals surface area (Å²) in [5, 5.41) is 12.3. The van der Waals surface area contributed by atoms with Crippen LogP contribution in [0.3, 0.4) is 0 Å². The molecule has 2 aromatic rings. The second-order valence-electron chi connectivity index (χ2n) is 8.52. The number of nitrogens with zero attached hydrogens (tertiary/aromatic N) is 3. The van der Waals surface area contributed by atoms with E-state index >= 15 is 0 Å². The van der Waals surface area contributed by atoms with Gasteiger partial charge in [0, 0.05) is 30.3 Å². The molecule has 1 aliphatic heterocycles. The minimum Gasteiger partial charge on any atom is -0.493 e. The number of carbonyl (C=O) groups excluding carboxylic acids is 2. The van der Waals surface area contributed by atoms with Crippen molar-refractivity contribution in [2.45, 2.75) is 52.2 Å². The van der Waals surface area contributed by atoms with Gasteiger partial charge in [-0.3, -0.25) is 4.79 Å². The zero-order valence-electron chi connectivity index (χ0n) is 19.3. The van der Waals surface area contributed by atoms with Crippen molar-refractivity contribution >= 4 is 28.5 Å². The number of methoxy groups -OCH3 is 1. The molecule has 0 radical (unpaired) electrons. The van der Waals surface area contributed by atoms with Crippen LogP contribution in [0.4, 0.5) is 9.93 Å². The topological polar surface area (TPSA) is 114 Å². The third-order valence-corrected chi connectivity index (χ3v) is 5.73. The zero-order valence-corrected chi connectivity index (χ0v) is 20.1. The van der Waals surface area contributed by atoms with E-state index in [1.807, 2.05) is 26.8 Å². The fourth-order valence-corrected chi connectivity index (χ4v) is 4.22. The Morgan fingerprint density at radius 2 is 2.09 bits per heavy atom. The van der Waals surface area contributed by atoms with Gasteiger partial charge in [0.05, 0.1) is 37.6 Å². The summed E-state index contributed by atoms with van der Waals surface area (Å²) < 4.78 is 16.4. The highest BCUT2D eigenvalue weighted by Gasteiger charge is 2.28. The molecular weight excluding hydrogens is 444 g/mol. The molecule has 176 valence electrons. The number of nitriles is 1. The largest absolute Gasteiger partial charge is 0.493 e. The van der Waals surface area contributed by atoms with Crippen molar-refractivity contribution < 1.29 is 23.8 Å². The second-order valence-corrected chi connectivity index (χ2v) is 9.60. The lowest BCUT2D eigenvalue weighted by Gasteiger charge is -2.29. The average molecular weight is 473 g/mol. The standard InChI is InChI=1S/C23H28N4O5S/c1-23(2,3)32-22(29)27-10-9-16-19(14-27)33-21(25-16)26-20(28)6-5-11-31-17-8-7-15(13-24)12-18(17)30-4/h7-8,12H,5-6,9-11,14H2,1-4H3,(H,25,26,28). The van der Waals surface area contributed by atoms with Crippen molar-refractivity contribution in [1.82, 2.24) is 9.88 Å². The van der Waals surface area contributed by atoms with Crippen LogP contribution in [-0.2, 0) is 22.5 Å². The third kappa shape index (κ3) is 6.83. The molecule has 1 N–H and O–H groups in total. The van der Waals surface area contributed by atoms with Gasteiger partial charge < -0.3 is 24.4 Å². The summed E-state index contributed by atoms with van der Waals surface area (Å²) in [6.07, 6.45) is 1.06. The highest BCUT2D eigenvalue weighted by Crippen LogP contribution is 2.30. The lowest BCUT2D eigenvalue weighted by atomic mass is 10.2.